The second-order valence-corrected chi connectivity index (χ2v) is 3.45. The molecule has 2 rings (SSSR count). The van der Waals surface area contributed by atoms with E-state index < -0.39 is 5.97 Å². The van der Waals surface area contributed by atoms with Crippen LogP contribution < -0.4 is 0 Å². The second-order valence-electron chi connectivity index (χ2n) is 3.07. The van der Waals surface area contributed by atoms with Crippen LogP contribution in [0.15, 0.2) is 18.6 Å². The highest BCUT2D eigenvalue weighted by Gasteiger charge is 2.22. The average molecular weight is 253 g/mol. The van der Waals surface area contributed by atoms with E-state index in [9.17, 15) is 4.79 Å². The molecule has 0 atom stereocenters. The Kier molecular flexibility index (Phi) is 3.34. The Morgan fingerprint density at radius 3 is 3.00 bits per heavy atom. The summed E-state index contributed by atoms with van der Waals surface area (Å²) in [4.78, 5) is 19.7. The van der Waals surface area contributed by atoms with Gasteiger partial charge in [0.2, 0.25) is 0 Å². The Hall–Kier alpha value is -1.95. The largest absolute Gasteiger partial charge is 0.462 e. The zero-order chi connectivity index (χ0) is 12.3. The molecule has 0 aliphatic carbocycles. The van der Waals surface area contributed by atoms with Crippen molar-refractivity contribution in [2.24, 2.45) is 0 Å². The molecule has 0 aliphatic heterocycles. The fourth-order valence-electron chi connectivity index (χ4n) is 1.32. The third kappa shape index (κ3) is 2.26. The number of carbonyl (C=O) groups is 1. The van der Waals surface area contributed by atoms with Crippen molar-refractivity contribution in [3.63, 3.8) is 0 Å². The number of aromatic nitrogens is 4. The van der Waals surface area contributed by atoms with Crippen LogP contribution in [0.5, 0.6) is 0 Å². The number of ether oxygens (including phenoxy) is 1. The third-order valence-corrected chi connectivity index (χ3v) is 2.28. The number of hydrogen-bond donors (Lipinski definition) is 1. The monoisotopic (exact) mass is 252 g/mol. The highest BCUT2D eigenvalue weighted by Crippen LogP contribution is 2.25. The smallest absolute Gasteiger partial charge is 0.343 e. The summed E-state index contributed by atoms with van der Waals surface area (Å²) in [5.74, 6) is -0.535. The van der Waals surface area contributed by atoms with Gasteiger partial charge in [0.05, 0.1) is 12.8 Å². The molecule has 2 heterocycles. The van der Waals surface area contributed by atoms with Crippen molar-refractivity contribution in [2.45, 2.75) is 6.92 Å². The molecule has 0 spiro atoms. The van der Waals surface area contributed by atoms with Crippen molar-refractivity contribution < 1.29 is 9.53 Å². The van der Waals surface area contributed by atoms with Gasteiger partial charge in [0.15, 0.2) is 0 Å². The van der Waals surface area contributed by atoms with E-state index in [1.165, 1.54) is 18.6 Å². The van der Waals surface area contributed by atoms with Gasteiger partial charge in [0.1, 0.15) is 22.1 Å². The molecule has 1 N–H and O–H groups in total. The Morgan fingerprint density at radius 2 is 2.35 bits per heavy atom. The van der Waals surface area contributed by atoms with Gasteiger partial charge in [0.25, 0.3) is 0 Å². The van der Waals surface area contributed by atoms with Crippen LogP contribution in [-0.4, -0.2) is 32.7 Å². The minimum absolute atomic E-state index is 0.129. The van der Waals surface area contributed by atoms with E-state index in [-0.39, 0.29) is 17.3 Å². The summed E-state index contributed by atoms with van der Waals surface area (Å²) in [6.45, 7) is 1.98. The molecule has 7 heteroatoms. The molecule has 0 amide bonds. The normalized spacial score (nSPS) is 10.2. The molecule has 0 aliphatic rings. The standard InChI is InChI=1S/C10H9ClN4O2/c1-2-17-10(16)7-8(14-15-9(7)11)6-5-12-3-4-13-6/h3-5H,2H2,1H3,(H,14,15). The molecule has 0 unspecified atom stereocenters. The number of esters is 1. The van der Waals surface area contributed by atoms with Crippen molar-refractivity contribution >= 4 is 17.6 Å². The van der Waals surface area contributed by atoms with Crippen LogP contribution in [0.3, 0.4) is 0 Å². The van der Waals surface area contributed by atoms with Crippen LogP contribution in [0.1, 0.15) is 17.3 Å². The summed E-state index contributed by atoms with van der Waals surface area (Å²) >= 11 is 5.86. The maximum absolute atomic E-state index is 11.7. The van der Waals surface area contributed by atoms with Crippen LogP contribution in [-0.2, 0) is 4.74 Å². The maximum atomic E-state index is 11.7. The predicted octanol–water partition coefficient (Wildman–Crippen LogP) is 1.70. The van der Waals surface area contributed by atoms with Crippen LogP contribution in [0, 0.1) is 0 Å². The highest BCUT2D eigenvalue weighted by atomic mass is 35.5. The van der Waals surface area contributed by atoms with Gasteiger partial charge in [-0.2, -0.15) is 5.10 Å². The molecule has 0 saturated heterocycles. The van der Waals surface area contributed by atoms with Gasteiger partial charge in [-0.3, -0.25) is 15.1 Å². The maximum Gasteiger partial charge on any atom is 0.343 e. The van der Waals surface area contributed by atoms with Crippen LogP contribution in [0.4, 0.5) is 0 Å². The van der Waals surface area contributed by atoms with Crippen molar-refractivity contribution in [3.05, 3.63) is 29.3 Å². The molecule has 88 valence electrons. The first-order valence-electron chi connectivity index (χ1n) is 4.91. The quantitative estimate of drug-likeness (QED) is 0.841. The second kappa shape index (κ2) is 4.92. The van der Waals surface area contributed by atoms with Crippen molar-refractivity contribution in [1.29, 1.82) is 0 Å². The summed E-state index contributed by atoms with van der Waals surface area (Å²) in [7, 11) is 0. The number of nitrogens with zero attached hydrogens (tertiary/aromatic N) is 3. The zero-order valence-corrected chi connectivity index (χ0v) is 9.73. The molecule has 0 saturated carbocycles. The van der Waals surface area contributed by atoms with E-state index in [0.29, 0.717) is 11.4 Å². The summed E-state index contributed by atoms with van der Waals surface area (Å²) in [6, 6.07) is 0. The highest BCUT2D eigenvalue weighted by molar-refractivity contribution is 6.33. The zero-order valence-electron chi connectivity index (χ0n) is 8.98. The number of carbonyl (C=O) groups excluding carboxylic acids is 1. The van der Waals surface area contributed by atoms with Crippen molar-refractivity contribution in [1.82, 2.24) is 20.2 Å². The molecule has 0 bridgehead atoms. The molecule has 0 fully saturated rings. The Labute approximate surface area is 102 Å². The first-order chi connectivity index (χ1) is 8.24. The van der Waals surface area contributed by atoms with E-state index in [0.717, 1.165) is 0 Å². The van der Waals surface area contributed by atoms with Gasteiger partial charge < -0.3 is 4.74 Å². The lowest BCUT2D eigenvalue weighted by Gasteiger charge is -2.01. The number of rotatable bonds is 3. The van der Waals surface area contributed by atoms with Gasteiger partial charge in [-0.05, 0) is 6.92 Å². The van der Waals surface area contributed by atoms with Crippen LogP contribution >= 0.6 is 11.6 Å². The molecule has 0 radical (unpaired) electrons. The topological polar surface area (TPSA) is 80.8 Å². The number of H-pyrrole nitrogens is 1. The fraction of sp³-hybridized carbons (Fsp3) is 0.200. The van der Waals surface area contributed by atoms with Gasteiger partial charge in [0, 0.05) is 12.4 Å². The molecular formula is C10H9ClN4O2. The predicted molar refractivity (Wildman–Crippen MR) is 60.6 cm³/mol. The number of halogens is 1. The summed E-state index contributed by atoms with van der Waals surface area (Å²) < 4.78 is 4.90. The molecule has 0 aromatic carbocycles. The molecule has 2 aromatic rings. The Bertz CT molecular complexity index is 526. The summed E-state index contributed by atoms with van der Waals surface area (Å²) in [6.07, 6.45) is 4.53. The number of nitrogens with one attached hydrogen (secondary N) is 1. The van der Waals surface area contributed by atoms with E-state index in [1.807, 2.05) is 0 Å². The van der Waals surface area contributed by atoms with E-state index in [1.54, 1.807) is 6.92 Å². The van der Waals surface area contributed by atoms with Gasteiger partial charge >= 0.3 is 5.97 Å². The Morgan fingerprint density at radius 1 is 1.53 bits per heavy atom. The number of aromatic amines is 1. The van der Waals surface area contributed by atoms with Gasteiger partial charge in [-0.1, -0.05) is 11.6 Å². The molecular weight excluding hydrogens is 244 g/mol. The minimum Gasteiger partial charge on any atom is -0.462 e. The van der Waals surface area contributed by atoms with Crippen molar-refractivity contribution in [3.8, 4) is 11.4 Å². The molecule has 2 aromatic heterocycles. The lowest BCUT2D eigenvalue weighted by molar-refractivity contribution is 0.0527. The first kappa shape index (κ1) is 11.5. The minimum atomic E-state index is -0.535. The molecule has 17 heavy (non-hydrogen) atoms. The van der Waals surface area contributed by atoms with Crippen molar-refractivity contribution in [2.75, 3.05) is 6.61 Å². The average Bonchev–Trinajstić information content (AvgIpc) is 2.73. The fourth-order valence-corrected chi connectivity index (χ4v) is 1.53. The van der Waals surface area contributed by atoms with E-state index in [2.05, 4.69) is 20.2 Å². The number of hydrogen-bond acceptors (Lipinski definition) is 5. The van der Waals surface area contributed by atoms with Crippen LogP contribution in [0.2, 0.25) is 5.15 Å². The van der Waals surface area contributed by atoms with E-state index >= 15 is 0 Å². The van der Waals surface area contributed by atoms with Gasteiger partial charge in [-0.15, -0.1) is 0 Å². The Balaban J connectivity index is 2.46. The summed E-state index contributed by atoms with van der Waals surface area (Å²) in [5, 5.41) is 6.58. The lowest BCUT2D eigenvalue weighted by Crippen LogP contribution is -2.06. The lowest BCUT2D eigenvalue weighted by atomic mass is 10.2. The molecule has 6 nitrogen and oxygen atoms in total. The SMILES string of the molecule is CCOC(=O)c1c(-c2cnccn2)n[nH]c1Cl. The third-order valence-electron chi connectivity index (χ3n) is 2.01. The van der Waals surface area contributed by atoms with Crippen LogP contribution in [0.25, 0.3) is 11.4 Å². The van der Waals surface area contributed by atoms with E-state index in [4.69, 9.17) is 16.3 Å². The summed E-state index contributed by atoms with van der Waals surface area (Å²) in [5.41, 5.74) is 0.967. The first-order valence-corrected chi connectivity index (χ1v) is 5.29. The van der Waals surface area contributed by atoms with Gasteiger partial charge in [-0.25, -0.2) is 4.79 Å².